The van der Waals surface area contributed by atoms with E-state index in [9.17, 15) is 10.0 Å². The lowest BCUT2D eigenvalue weighted by molar-refractivity contribution is -0.141. The monoisotopic (exact) mass is 384 g/mol. The van der Waals surface area contributed by atoms with E-state index in [1.165, 1.54) is 44.1 Å². The van der Waals surface area contributed by atoms with E-state index >= 15 is 0 Å². The maximum atomic E-state index is 13.3. The van der Waals surface area contributed by atoms with E-state index in [2.05, 4.69) is 30.0 Å². The van der Waals surface area contributed by atoms with Crippen LogP contribution in [0.3, 0.4) is 0 Å². The zero-order valence-corrected chi connectivity index (χ0v) is 17.6. The van der Waals surface area contributed by atoms with E-state index in [1.807, 2.05) is 0 Å². The number of fused-ring (bicyclic) bond motifs is 5. The van der Waals surface area contributed by atoms with Crippen LogP contribution in [0, 0.1) is 34.5 Å². The topological polar surface area (TPSA) is 52.9 Å². The SMILES string of the molecule is C[C@]12CC/C(=N\O)C=C1CCC1C2CC[C@@]2(C)C1CC[C@@H]2C(=O)N1CCCC1. The van der Waals surface area contributed by atoms with Gasteiger partial charge in [0.05, 0.1) is 5.71 Å². The largest absolute Gasteiger partial charge is 0.411 e. The van der Waals surface area contributed by atoms with Crippen molar-refractivity contribution in [2.45, 2.75) is 78.1 Å². The minimum absolute atomic E-state index is 0.213. The molecule has 4 fully saturated rings. The molecule has 4 heteroatoms. The van der Waals surface area contributed by atoms with E-state index in [-0.39, 0.29) is 16.7 Å². The summed E-state index contributed by atoms with van der Waals surface area (Å²) in [5.74, 6) is 2.97. The van der Waals surface area contributed by atoms with Crippen LogP contribution >= 0.6 is 0 Å². The highest BCUT2D eigenvalue weighted by atomic mass is 16.4. The van der Waals surface area contributed by atoms with Crippen molar-refractivity contribution in [1.29, 1.82) is 0 Å². The van der Waals surface area contributed by atoms with Gasteiger partial charge in [0.15, 0.2) is 0 Å². The molecule has 4 aliphatic carbocycles. The van der Waals surface area contributed by atoms with Gasteiger partial charge >= 0.3 is 0 Å². The fraction of sp³-hybridized carbons (Fsp3) is 0.833. The van der Waals surface area contributed by atoms with Crippen molar-refractivity contribution in [1.82, 2.24) is 4.90 Å². The zero-order valence-electron chi connectivity index (χ0n) is 17.6. The predicted molar refractivity (Wildman–Crippen MR) is 110 cm³/mol. The Bertz CT molecular complexity index is 722. The van der Waals surface area contributed by atoms with E-state index in [0.717, 1.165) is 56.3 Å². The van der Waals surface area contributed by atoms with E-state index in [0.29, 0.717) is 11.8 Å². The van der Waals surface area contributed by atoms with Crippen molar-refractivity contribution in [3.05, 3.63) is 11.6 Å². The first kappa shape index (κ1) is 18.7. The van der Waals surface area contributed by atoms with Gasteiger partial charge in [0.25, 0.3) is 0 Å². The van der Waals surface area contributed by atoms with E-state index in [1.54, 1.807) is 0 Å². The summed E-state index contributed by atoms with van der Waals surface area (Å²) >= 11 is 0. The Kier molecular flexibility index (Phi) is 4.41. The second-order valence-corrected chi connectivity index (χ2v) is 10.8. The van der Waals surface area contributed by atoms with Gasteiger partial charge in [-0.1, -0.05) is 24.6 Å². The van der Waals surface area contributed by atoms with Crippen molar-refractivity contribution in [2.24, 2.45) is 39.7 Å². The molecule has 5 aliphatic rings. The van der Waals surface area contributed by atoms with Gasteiger partial charge in [0.2, 0.25) is 5.91 Å². The first-order valence-electron chi connectivity index (χ1n) is 11.7. The van der Waals surface area contributed by atoms with E-state index < -0.39 is 0 Å². The molecule has 28 heavy (non-hydrogen) atoms. The third-order valence-electron chi connectivity index (χ3n) is 9.82. The van der Waals surface area contributed by atoms with Crippen LogP contribution in [0.1, 0.15) is 78.1 Å². The van der Waals surface area contributed by atoms with Crippen molar-refractivity contribution in [2.75, 3.05) is 13.1 Å². The summed E-state index contributed by atoms with van der Waals surface area (Å²) in [5, 5.41) is 12.7. The van der Waals surface area contributed by atoms with Crippen molar-refractivity contribution in [3.8, 4) is 0 Å². The number of carbonyl (C=O) groups excluding carboxylic acids is 1. The van der Waals surface area contributed by atoms with Gasteiger partial charge in [-0.3, -0.25) is 4.79 Å². The smallest absolute Gasteiger partial charge is 0.226 e. The molecule has 4 nitrogen and oxygen atoms in total. The minimum Gasteiger partial charge on any atom is -0.411 e. The maximum Gasteiger partial charge on any atom is 0.226 e. The Morgan fingerprint density at radius 2 is 1.86 bits per heavy atom. The van der Waals surface area contributed by atoms with Gasteiger partial charge in [-0.05, 0) is 98.9 Å². The van der Waals surface area contributed by atoms with Crippen LogP contribution in [0.5, 0.6) is 0 Å². The van der Waals surface area contributed by atoms with Crippen LogP contribution < -0.4 is 0 Å². The Morgan fingerprint density at radius 1 is 1.07 bits per heavy atom. The number of oxime groups is 1. The summed E-state index contributed by atoms with van der Waals surface area (Å²) in [6.07, 6.45) is 13.8. The van der Waals surface area contributed by atoms with Crippen LogP contribution in [-0.4, -0.2) is 34.8 Å². The molecule has 6 atom stereocenters. The molecule has 0 radical (unpaired) electrons. The van der Waals surface area contributed by atoms with Crippen LogP contribution in [-0.2, 0) is 4.79 Å². The third kappa shape index (κ3) is 2.55. The number of carbonyl (C=O) groups is 1. The van der Waals surface area contributed by atoms with Gasteiger partial charge in [0, 0.05) is 19.0 Å². The zero-order chi connectivity index (χ0) is 19.5. The van der Waals surface area contributed by atoms with E-state index in [4.69, 9.17) is 0 Å². The molecule has 1 heterocycles. The highest BCUT2D eigenvalue weighted by Crippen LogP contribution is 2.66. The minimum atomic E-state index is 0.213. The molecule has 3 saturated carbocycles. The molecule has 0 aromatic rings. The second kappa shape index (κ2) is 6.60. The molecule has 1 amide bonds. The van der Waals surface area contributed by atoms with Gasteiger partial charge in [-0.15, -0.1) is 0 Å². The number of hydrogen-bond acceptors (Lipinski definition) is 3. The summed E-state index contributed by atoms with van der Waals surface area (Å²) in [7, 11) is 0. The first-order valence-corrected chi connectivity index (χ1v) is 11.7. The van der Waals surface area contributed by atoms with Crippen LogP contribution in [0.4, 0.5) is 0 Å². The van der Waals surface area contributed by atoms with Crippen molar-refractivity contribution in [3.63, 3.8) is 0 Å². The molecule has 1 aliphatic heterocycles. The first-order chi connectivity index (χ1) is 13.5. The molecule has 0 spiro atoms. The van der Waals surface area contributed by atoms with Gasteiger partial charge in [0.1, 0.15) is 0 Å². The number of rotatable bonds is 1. The predicted octanol–water partition coefficient (Wildman–Crippen LogP) is 5.02. The number of nitrogens with zero attached hydrogens (tertiary/aromatic N) is 2. The molecule has 5 rings (SSSR count). The Balaban J connectivity index is 1.40. The Hall–Kier alpha value is -1.32. The van der Waals surface area contributed by atoms with Crippen LogP contribution in [0.2, 0.25) is 0 Å². The van der Waals surface area contributed by atoms with Gasteiger partial charge in [-0.25, -0.2) is 0 Å². The summed E-state index contributed by atoms with van der Waals surface area (Å²) in [5.41, 5.74) is 2.88. The van der Waals surface area contributed by atoms with Crippen LogP contribution in [0.25, 0.3) is 0 Å². The molecule has 154 valence electrons. The number of amides is 1. The molecule has 1 saturated heterocycles. The molecule has 0 aromatic heterocycles. The number of hydrogen-bond donors (Lipinski definition) is 1. The second-order valence-electron chi connectivity index (χ2n) is 10.8. The maximum absolute atomic E-state index is 13.3. The normalized spacial score (nSPS) is 46.7. The molecular formula is C24H36N2O2. The molecule has 0 aromatic carbocycles. The van der Waals surface area contributed by atoms with Gasteiger partial charge < -0.3 is 10.1 Å². The Morgan fingerprint density at radius 3 is 2.61 bits per heavy atom. The third-order valence-corrected chi connectivity index (χ3v) is 9.82. The molecule has 0 bridgehead atoms. The number of allylic oxidation sites excluding steroid dienone is 2. The summed E-state index contributed by atoms with van der Waals surface area (Å²) in [6.45, 7) is 6.92. The lowest BCUT2D eigenvalue weighted by atomic mass is 9.47. The highest BCUT2D eigenvalue weighted by molar-refractivity contribution is 5.96. The summed E-state index contributed by atoms with van der Waals surface area (Å²) in [4.78, 5) is 15.5. The van der Waals surface area contributed by atoms with Crippen molar-refractivity contribution >= 4 is 11.6 Å². The lowest BCUT2D eigenvalue weighted by Gasteiger charge is -2.58. The average molecular weight is 385 g/mol. The van der Waals surface area contributed by atoms with Crippen LogP contribution in [0.15, 0.2) is 16.8 Å². The summed E-state index contributed by atoms with van der Waals surface area (Å²) < 4.78 is 0. The molecule has 1 N–H and O–H groups in total. The Labute approximate surface area is 169 Å². The average Bonchev–Trinajstić information content (AvgIpc) is 3.34. The highest BCUT2D eigenvalue weighted by Gasteiger charge is 2.60. The molecule has 3 unspecified atom stereocenters. The summed E-state index contributed by atoms with van der Waals surface area (Å²) in [6, 6.07) is 0. The lowest BCUT2D eigenvalue weighted by Crippen LogP contribution is -2.52. The fourth-order valence-corrected chi connectivity index (χ4v) is 8.21. The standard InChI is InChI=1S/C24H36N2O2/c1-23-11-9-17(25-28)15-16(23)5-6-18-19-7-8-21(22(27)26-13-3-4-14-26)24(19,2)12-10-20(18)23/h15,18-21,28H,3-14H2,1-2H3/b25-17+/t18?,19?,20?,21-,23+,24+/m1/s1. The molecular weight excluding hydrogens is 348 g/mol. The quantitative estimate of drug-likeness (QED) is 0.510. The fourth-order valence-electron chi connectivity index (χ4n) is 8.21. The van der Waals surface area contributed by atoms with Crippen molar-refractivity contribution < 1.29 is 10.0 Å². The van der Waals surface area contributed by atoms with Gasteiger partial charge in [-0.2, -0.15) is 0 Å². The number of likely N-dealkylation sites (tertiary alicyclic amines) is 1.